The van der Waals surface area contributed by atoms with Crippen LogP contribution < -0.4 is 0 Å². The van der Waals surface area contributed by atoms with Crippen LogP contribution in [0.25, 0.3) is 11.2 Å². The van der Waals surface area contributed by atoms with E-state index in [4.69, 9.17) is 16.6 Å². The van der Waals surface area contributed by atoms with Crippen molar-refractivity contribution in [3.63, 3.8) is 0 Å². The van der Waals surface area contributed by atoms with Crippen LogP contribution in [0.1, 0.15) is 41.9 Å². The smallest absolute Gasteiger partial charge is 0.253 e. The Balaban J connectivity index is 1.59. The molecule has 5 nitrogen and oxygen atoms in total. The van der Waals surface area contributed by atoms with Crippen molar-refractivity contribution < 1.29 is 9.18 Å². The first kappa shape index (κ1) is 17.9. The number of carbonyl (C=O) groups excluding carboxylic acids is 1. The zero-order valence-electron chi connectivity index (χ0n) is 15.0. The molecule has 1 aromatic carbocycles. The van der Waals surface area contributed by atoms with E-state index in [1.165, 1.54) is 18.2 Å². The molecule has 3 heterocycles. The van der Waals surface area contributed by atoms with Gasteiger partial charge in [-0.3, -0.25) is 4.79 Å². The molecule has 0 bridgehead atoms. The summed E-state index contributed by atoms with van der Waals surface area (Å²) in [4.78, 5) is 23.8. The van der Waals surface area contributed by atoms with Crippen molar-refractivity contribution in [2.24, 2.45) is 0 Å². The summed E-state index contributed by atoms with van der Waals surface area (Å²) in [5, 5.41) is -0.0348. The lowest BCUT2D eigenvalue weighted by Crippen LogP contribution is -2.28. The average Bonchev–Trinajstić information content (AvgIpc) is 3.29. The molecule has 1 saturated heterocycles. The zero-order valence-corrected chi connectivity index (χ0v) is 15.8. The lowest BCUT2D eigenvalue weighted by Gasteiger charge is -2.17. The lowest BCUT2D eigenvalue weighted by molar-refractivity contribution is 0.0790. The number of benzene rings is 1. The van der Waals surface area contributed by atoms with E-state index in [1.807, 2.05) is 12.1 Å². The minimum Gasteiger partial charge on any atom is -0.338 e. The molecule has 0 unspecified atom stereocenters. The number of hydrogen-bond donors (Lipinski definition) is 0. The number of likely N-dealkylation sites (tertiary alicyclic amines) is 1. The second kappa shape index (κ2) is 7.27. The van der Waals surface area contributed by atoms with Crippen LogP contribution in [0.5, 0.6) is 0 Å². The number of rotatable bonds is 4. The molecule has 0 spiro atoms. The van der Waals surface area contributed by atoms with Crippen LogP contribution in [0.4, 0.5) is 4.39 Å². The summed E-state index contributed by atoms with van der Waals surface area (Å²) in [6, 6.07) is 7.96. The third-order valence-electron chi connectivity index (χ3n) is 4.99. The molecule has 2 aromatic heterocycles. The first-order valence-corrected chi connectivity index (χ1v) is 9.51. The monoisotopic (exact) mass is 386 g/mol. The molecule has 1 atom stereocenters. The highest BCUT2D eigenvalue weighted by atomic mass is 35.5. The number of aromatic nitrogens is 3. The predicted octanol–water partition coefficient (Wildman–Crippen LogP) is 4.26. The molecule has 0 saturated carbocycles. The van der Waals surface area contributed by atoms with Crippen molar-refractivity contribution in [1.29, 1.82) is 0 Å². The van der Waals surface area contributed by atoms with Gasteiger partial charge in [-0.15, -0.1) is 0 Å². The highest BCUT2D eigenvalue weighted by molar-refractivity contribution is 6.31. The lowest BCUT2D eigenvalue weighted by atomic mass is 10.1. The number of fused-ring (bicyclic) bond motifs is 1. The van der Waals surface area contributed by atoms with E-state index >= 15 is 0 Å². The molecule has 0 aliphatic carbocycles. The Labute approximate surface area is 161 Å². The Morgan fingerprint density at radius 3 is 3.00 bits per heavy atom. The molecular weight excluding hydrogens is 367 g/mol. The van der Waals surface area contributed by atoms with Crippen molar-refractivity contribution in [3.8, 4) is 0 Å². The first-order valence-electron chi connectivity index (χ1n) is 9.14. The van der Waals surface area contributed by atoms with Gasteiger partial charge in [0.1, 0.15) is 17.2 Å². The Bertz CT molecular complexity index is 1000. The maximum absolute atomic E-state index is 13.4. The van der Waals surface area contributed by atoms with Crippen LogP contribution >= 0.6 is 11.6 Å². The van der Waals surface area contributed by atoms with E-state index in [9.17, 15) is 9.18 Å². The van der Waals surface area contributed by atoms with Crippen LogP contribution in [-0.4, -0.2) is 38.4 Å². The Hall–Kier alpha value is -2.47. The average molecular weight is 387 g/mol. The van der Waals surface area contributed by atoms with Crippen LogP contribution in [0.15, 0.2) is 36.5 Å². The van der Waals surface area contributed by atoms with E-state index in [0.717, 1.165) is 36.4 Å². The molecule has 140 valence electrons. The van der Waals surface area contributed by atoms with Crippen molar-refractivity contribution in [2.45, 2.75) is 32.2 Å². The van der Waals surface area contributed by atoms with Crippen molar-refractivity contribution >= 4 is 28.7 Å². The predicted molar refractivity (Wildman–Crippen MR) is 102 cm³/mol. The van der Waals surface area contributed by atoms with Gasteiger partial charge in [-0.05, 0) is 43.2 Å². The Morgan fingerprint density at radius 2 is 2.22 bits per heavy atom. The summed E-state index contributed by atoms with van der Waals surface area (Å²) >= 11 is 5.82. The number of nitrogens with zero attached hydrogens (tertiary/aromatic N) is 4. The number of hydrogen-bond acceptors (Lipinski definition) is 3. The van der Waals surface area contributed by atoms with E-state index in [2.05, 4.69) is 16.5 Å². The van der Waals surface area contributed by atoms with Gasteiger partial charge >= 0.3 is 0 Å². The van der Waals surface area contributed by atoms with Crippen LogP contribution in [0.3, 0.4) is 0 Å². The Morgan fingerprint density at radius 1 is 1.37 bits per heavy atom. The molecule has 4 rings (SSSR count). The number of aryl methyl sites for hydroxylation is 1. The largest absolute Gasteiger partial charge is 0.338 e. The van der Waals surface area contributed by atoms with E-state index in [-0.39, 0.29) is 16.8 Å². The quantitative estimate of drug-likeness (QED) is 0.673. The molecule has 3 aromatic rings. The number of pyridine rings is 1. The molecule has 7 heteroatoms. The fraction of sp³-hybridized carbons (Fsp3) is 0.350. The third kappa shape index (κ3) is 3.30. The minimum atomic E-state index is -0.520. The van der Waals surface area contributed by atoms with Gasteiger partial charge in [0.15, 0.2) is 5.65 Å². The summed E-state index contributed by atoms with van der Waals surface area (Å²) in [5.74, 6) is 0.493. The number of imidazole rings is 1. The maximum Gasteiger partial charge on any atom is 0.253 e. The van der Waals surface area contributed by atoms with Crippen LogP contribution in [0.2, 0.25) is 5.02 Å². The van der Waals surface area contributed by atoms with Gasteiger partial charge in [0, 0.05) is 37.3 Å². The molecule has 1 aliphatic heterocycles. The zero-order chi connectivity index (χ0) is 19.0. The third-order valence-corrected chi connectivity index (χ3v) is 5.28. The molecular formula is C20H20ClFN4O. The second-order valence-electron chi connectivity index (χ2n) is 6.83. The first-order chi connectivity index (χ1) is 13.1. The second-order valence-corrected chi connectivity index (χ2v) is 7.24. The Kier molecular flexibility index (Phi) is 4.83. The molecule has 0 N–H and O–H groups in total. The molecule has 1 aliphatic rings. The van der Waals surface area contributed by atoms with Crippen LogP contribution in [-0.2, 0) is 6.54 Å². The number of amides is 1. The van der Waals surface area contributed by atoms with Crippen molar-refractivity contribution in [2.75, 3.05) is 13.1 Å². The molecule has 27 heavy (non-hydrogen) atoms. The van der Waals surface area contributed by atoms with Gasteiger partial charge in [0.2, 0.25) is 0 Å². The SMILES string of the molecule is CCCn1c([C@H]2CCN(C(=O)c3ccc(F)c(Cl)c3)C2)nc2cccnc21. The highest BCUT2D eigenvalue weighted by Crippen LogP contribution is 2.30. The van der Waals surface area contributed by atoms with Gasteiger partial charge in [0.05, 0.1) is 5.02 Å². The highest BCUT2D eigenvalue weighted by Gasteiger charge is 2.31. The van der Waals surface area contributed by atoms with Gasteiger partial charge in [-0.1, -0.05) is 18.5 Å². The van der Waals surface area contributed by atoms with Crippen molar-refractivity contribution in [1.82, 2.24) is 19.4 Å². The number of halogens is 2. The summed E-state index contributed by atoms with van der Waals surface area (Å²) in [7, 11) is 0. The fourth-order valence-electron chi connectivity index (χ4n) is 3.70. The summed E-state index contributed by atoms with van der Waals surface area (Å²) in [6.45, 7) is 4.20. The van der Waals surface area contributed by atoms with E-state index < -0.39 is 5.82 Å². The normalized spacial score (nSPS) is 17.0. The van der Waals surface area contributed by atoms with Gasteiger partial charge in [-0.25, -0.2) is 14.4 Å². The van der Waals surface area contributed by atoms with Gasteiger partial charge in [0.25, 0.3) is 5.91 Å². The number of carbonyl (C=O) groups is 1. The van der Waals surface area contributed by atoms with Crippen LogP contribution in [0, 0.1) is 5.82 Å². The summed E-state index contributed by atoms with van der Waals surface area (Å²) in [5.41, 5.74) is 2.19. The molecule has 0 radical (unpaired) electrons. The molecule has 1 amide bonds. The van der Waals surface area contributed by atoms with Crippen molar-refractivity contribution in [3.05, 3.63) is 58.8 Å². The maximum atomic E-state index is 13.4. The molecule has 1 fully saturated rings. The summed E-state index contributed by atoms with van der Waals surface area (Å²) < 4.78 is 15.5. The summed E-state index contributed by atoms with van der Waals surface area (Å²) in [6.07, 6.45) is 3.61. The standard InChI is InChI=1S/C20H20ClFN4O/c1-2-9-26-18(24-17-4-3-8-23-19(17)26)14-7-10-25(12-14)20(27)13-5-6-16(22)15(21)11-13/h3-6,8,11,14H,2,7,9-10,12H2,1H3/t14-/m0/s1. The topological polar surface area (TPSA) is 51.0 Å². The van der Waals surface area contributed by atoms with E-state index in [0.29, 0.717) is 18.7 Å². The van der Waals surface area contributed by atoms with Gasteiger partial charge < -0.3 is 9.47 Å². The minimum absolute atomic E-state index is 0.0348. The van der Waals surface area contributed by atoms with E-state index in [1.54, 1.807) is 11.1 Å². The fourth-order valence-corrected chi connectivity index (χ4v) is 3.88. The van der Waals surface area contributed by atoms with Gasteiger partial charge in [-0.2, -0.15) is 0 Å².